The molecule has 0 bridgehead atoms. The molecule has 1 aromatic heterocycles. The van der Waals surface area contributed by atoms with Crippen molar-refractivity contribution in [1.82, 2.24) is 9.78 Å². The fraction of sp³-hybridized carbons (Fsp3) is 0.357. The number of hydrogen-bond acceptors (Lipinski definition) is 2. The van der Waals surface area contributed by atoms with Crippen molar-refractivity contribution in [3.63, 3.8) is 0 Å². The highest BCUT2D eigenvalue weighted by atomic mass is 16.3. The van der Waals surface area contributed by atoms with Crippen LogP contribution in [0.15, 0.2) is 42.6 Å². The molecular formula is C14H18N2O. The fourth-order valence-electron chi connectivity index (χ4n) is 1.74. The third-order valence-corrected chi connectivity index (χ3v) is 3.12. The number of para-hydroxylation sites is 1. The predicted octanol–water partition coefficient (Wildman–Crippen LogP) is 2.95. The highest BCUT2D eigenvalue weighted by Gasteiger charge is 2.17. The van der Waals surface area contributed by atoms with E-state index >= 15 is 0 Å². The standard InChI is InChI=1S/C14H18N2O/c1-3-11(2)14(17)13-9-10-16(15-13)12-7-5-4-6-8-12/h4-11,14,17H,3H2,1-2H3. The molecule has 90 valence electrons. The van der Waals surface area contributed by atoms with E-state index in [0.717, 1.165) is 17.8 Å². The Morgan fingerprint density at radius 2 is 1.94 bits per heavy atom. The smallest absolute Gasteiger partial charge is 0.100 e. The van der Waals surface area contributed by atoms with Gasteiger partial charge in [-0.2, -0.15) is 5.10 Å². The molecule has 2 atom stereocenters. The molecule has 3 nitrogen and oxygen atoms in total. The molecule has 0 aliphatic heterocycles. The minimum absolute atomic E-state index is 0.231. The zero-order valence-corrected chi connectivity index (χ0v) is 10.2. The Morgan fingerprint density at radius 3 is 2.59 bits per heavy atom. The van der Waals surface area contributed by atoms with Gasteiger partial charge in [-0.3, -0.25) is 0 Å². The largest absolute Gasteiger partial charge is 0.386 e. The van der Waals surface area contributed by atoms with Crippen molar-refractivity contribution in [1.29, 1.82) is 0 Å². The second-order valence-electron chi connectivity index (χ2n) is 4.35. The first-order valence-electron chi connectivity index (χ1n) is 6.01. The van der Waals surface area contributed by atoms with Gasteiger partial charge in [0.1, 0.15) is 6.10 Å². The van der Waals surface area contributed by atoms with Crippen LogP contribution < -0.4 is 0 Å². The van der Waals surface area contributed by atoms with Crippen molar-refractivity contribution >= 4 is 0 Å². The Kier molecular flexibility index (Phi) is 3.59. The maximum atomic E-state index is 10.1. The summed E-state index contributed by atoms with van der Waals surface area (Å²) < 4.78 is 1.79. The molecule has 0 radical (unpaired) electrons. The molecule has 0 spiro atoms. The van der Waals surface area contributed by atoms with Gasteiger partial charge in [0.15, 0.2) is 0 Å². The number of hydrogen-bond donors (Lipinski definition) is 1. The van der Waals surface area contributed by atoms with Crippen LogP contribution >= 0.6 is 0 Å². The van der Waals surface area contributed by atoms with E-state index in [0.29, 0.717) is 0 Å². The molecule has 17 heavy (non-hydrogen) atoms. The normalized spacial score (nSPS) is 14.5. The first kappa shape index (κ1) is 11.9. The molecule has 3 heteroatoms. The lowest BCUT2D eigenvalue weighted by Crippen LogP contribution is -2.09. The third kappa shape index (κ3) is 2.56. The second kappa shape index (κ2) is 5.15. The number of aromatic nitrogens is 2. The summed E-state index contributed by atoms with van der Waals surface area (Å²) in [6.45, 7) is 4.11. The Morgan fingerprint density at radius 1 is 1.24 bits per heavy atom. The van der Waals surface area contributed by atoms with Crippen molar-refractivity contribution in [2.75, 3.05) is 0 Å². The molecule has 2 unspecified atom stereocenters. The van der Waals surface area contributed by atoms with Crippen LogP contribution in [0.3, 0.4) is 0 Å². The van der Waals surface area contributed by atoms with E-state index in [2.05, 4.69) is 12.0 Å². The lowest BCUT2D eigenvalue weighted by molar-refractivity contribution is 0.111. The van der Waals surface area contributed by atoms with Crippen LogP contribution in [-0.4, -0.2) is 14.9 Å². The Bertz CT molecular complexity index is 464. The predicted molar refractivity (Wildman–Crippen MR) is 68.0 cm³/mol. The number of aliphatic hydroxyl groups is 1. The fourth-order valence-corrected chi connectivity index (χ4v) is 1.74. The maximum Gasteiger partial charge on any atom is 0.100 e. The van der Waals surface area contributed by atoms with E-state index in [1.807, 2.05) is 49.5 Å². The molecule has 2 aromatic rings. The molecule has 0 aliphatic carbocycles. The number of benzene rings is 1. The first-order chi connectivity index (χ1) is 8.22. The number of nitrogens with zero attached hydrogens (tertiary/aromatic N) is 2. The van der Waals surface area contributed by atoms with E-state index in [1.54, 1.807) is 4.68 Å². The van der Waals surface area contributed by atoms with Crippen LogP contribution in [0.1, 0.15) is 32.1 Å². The Hall–Kier alpha value is -1.61. The van der Waals surface area contributed by atoms with Gasteiger partial charge in [-0.15, -0.1) is 0 Å². The van der Waals surface area contributed by atoms with Crippen LogP contribution in [-0.2, 0) is 0 Å². The highest BCUT2D eigenvalue weighted by molar-refractivity contribution is 5.30. The average Bonchev–Trinajstić information content (AvgIpc) is 2.87. The van der Waals surface area contributed by atoms with Crippen molar-refractivity contribution in [3.05, 3.63) is 48.3 Å². The lowest BCUT2D eigenvalue weighted by Gasteiger charge is -2.14. The summed E-state index contributed by atoms with van der Waals surface area (Å²) in [7, 11) is 0. The quantitative estimate of drug-likeness (QED) is 0.877. The van der Waals surface area contributed by atoms with Crippen LogP contribution in [0.5, 0.6) is 0 Å². The van der Waals surface area contributed by atoms with E-state index < -0.39 is 6.10 Å². The third-order valence-electron chi connectivity index (χ3n) is 3.12. The summed E-state index contributed by atoms with van der Waals surface area (Å²) in [5, 5.41) is 14.5. The van der Waals surface area contributed by atoms with Gasteiger partial charge < -0.3 is 5.11 Å². The van der Waals surface area contributed by atoms with Crippen molar-refractivity contribution in [2.45, 2.75) is 26.4 Å². The second-order valence-corrected chi connectivity index (χ2v) is 4.35. The summed E-state index contributed by atoms with van der Waals surface area (Å²) >= 11 is 0. The zero-order chi connectivity index (χ0) is 12.3. The Balaban J connectivity index is 2.22. The minimum atomic E-state index is -0.482. The molecule has 1 N–H and O–H groups in total. The van der Waals surface area contributed by atoms with Crippen LogP contribution in [0.25, 0.3) is 5.69 Å². The van der Waals surface area contributed by atoms with Gasteiger partial charge in [0.2, 0.25) is 0 Å². The molecule has 0 amide bonds. The number of rotatable bonds is 4. The molecule has 0 aliphatic rings. The van der Waals surface area contributed by atoms with Gasteiger partial charge in [0.25, 0.3) is 0 Å². The van der Waals surface area contributed by atoms with Crippen molar-refractivity contribution < 1.29 is 5.11 Å². The molecule has 1 aromatic carbocycles. The van der Waals surface area contributed by atoms with Crippen LogP contribution in [0.4, 0.5) is 0 Å². The summed E-state index contributed by atoms with van der Waals surface area (Å²) in [5.74, 6) is 0.231. The maximum absolute atomic E-state index is 10.1. The molecule has 0 saturated heterocycles. The van der Waals surface area contributed by atoms with E-state index in [-0.39, 0.29) is 5.92 Å². The molecule has 2 rings (SSSR count). The van der Waals surface area contributed by atoms with Gasteiger partial charge in [0.05, 0.1) is 11.4 Å². The van der Waals surface area contributed by atoms with Crippen LogP contribution in [0.2, 0.25) is 0 Å². The van der Waals surface area contributed by atoms with Crippen molar-refractivity contribution in [2.24, 2.45) is 5.92 Å². The zero-order valence-electron chi connectivity index (χ0n) is 10.2. The molecule has 0 fully saturated rings. The summed E-state index contributed by atoms with van der Waals surface area (Å²) in [6.07, 6.45) is 2.35. The SMILES string of the molecule is CCC(C)C(O)c1ccn(-c2ccccc2)n1. The van der Waals surface area contributed by atoms with E-state index in [4.69, 9.17) is 0 Å². The van der Waals surface area contributed by atoms with E-state index in [1.165, 1.54) is 0 Å². The molecular weight excluding hydrogens is 212 g/mol. The monoisotopic (exact) mass is 230 g/mol. The van der Waals surface area contributed by atoms with Gasteiger partial charge >= 0.3 is 0 Å². The van der Waals surface area contributed by atoms with Gasteiger partial charge in [0, 0.05) is 6.20 Å². The molecule has 0 saturated carbocycles. The minimum Gasteiger partial charge on any atom is -0.386 e. The highest BCUT2D eigenvalue weighted by Crippen LogP contribution is 2.23. The Labute approximate surface area is 102 Å². The molecule has 1 heterocycles. The summed E-state index contributed by atoms with van der Waals surface area (Å²) in [4.78, 5) is 0. The summed E-state index contributed by atoms with van der Waals surface area (Å²) in [5.41, 5.74) is 1.75. The van der Waals surface area contributed by atoms with Crippen LogP contribution in [0, 0.1) is 5.92 Å². The van der Waals surface area contributed by atoms with E-state index in [9.17, 15) is 5.11 Å². The van der Waals surface area contributed by atoms with Crippen molar-refractivity contribution in [3.8, 4) is 5.69 Å². The summed E-state index contributed by atoms with van der Waals surface area (Å²) in [6, 6.07) is 11.8. The number of aliphatic hydroxyl groups excluding tert-OH is 1. The average molecular weight is 230 g/mol. The van der Waals surface area contributed by atoms with Gasteiger partial charge in [-0.25, -0.2) is 4.68 Å². The topological polar surface area (TPSA) is 38.0 Å². The lowest BCUT2D eigenvalue weighted by atomic mass is 10.00. The first-order valence-corrected chi connectivity index (χ1v) is 6.01. The van der Waals surface area contributed by atoms with Gasteiger partial charge in [-0.05, 0) is 24.1 Å². The van der Waals surface area contributed by atoms with Gasteiger partial charge in [-0.1, -0.05) is 38.5 Å².